The summed E-state index contributed by atoms with van der Waals surface area (Å²) in [6.07, 6.45) is 6.68. The van der Waals surface area contributed by atoms with Gasteiger partial charge in [0.25, 0.3) is 0 Å². The molecule has 0 heterocycles. The van der Waals surface area contributed by atoms with Crippen LogP contribution in [0.2, 0.25) is 0 Å². The summed E-state index contributed by atoms with van der Waals surface area (Å²) in [4.78, 5) is 11.1. The van der Waals surface area contributed by atoms with Gasteiger partial charge in [0.05, 0.1) is 0 Å². The predicted octanol–water partition coefficient (Wildman–Crippen LogP) is 1.59. The maximum Gasteiger partial charge on any atom is 0.315 e. The van der Waals surface area contributed by atoms with Crippen LogP contribution in [-0.4, -0.2) is 30.6 Å². The number of carbonyl (C=O) groups is 1. The highest BCUT2D eigenvalue weighted by Crippen LogP contribution is 2.18. The van der Waals surface area contributed by atoms with Crippen molar-refractivity contribution in [1.82, 2.24) is 10.6 Å². The lowest BCUT2D eigenvalue weighted by Gasteiger charge is -2.05. The predicted molar refractivity (Wildman–Crippen MR) is 57.2 cm³/mol. The fraction of sp³-hybridized carbons (Fsp3) is 0.889. The lowest BCUT2D eigenvalue weighted by Crippen LogP contribution is -2.37. The molecule has 0 aromatic heterocycles. The second-order valence-corrected chi connectivity index (χ2v) is 4.36. The lowest BCUT2D eigenvalue weighted by molar-refractivity contribution is 0.240. The highest BCUT2D eigenvalue weighted by atomic mass is 32.2. The smallest absolute Gasteiger partial charge is 0.315 e. The highest BCUT2D eigenvalue weighted by Gasteiger charge is 2.22. The van der Waals surface area contributed by atoms with Crippen molar-refractivity contribution >= 4 is 17.8 Å². The van der Waals surface area contributed by atoms with Crippen LogP contribution in [0.4, 0.5) is 4.79 Å². The van der Waals surface area contributed by atoms with E-state index >= 15 is 0 Å². The van der Waals surface area contributed by atoms with Crippen molar-refractivity contribution in [1.29, 1.82) is 0 Å². The van der Waals surface area contributed by atoms with Crippen molar-refractivity contribution in [2.45, 2.75) is 31.7 Å². The number of nitrogens with one attached hydrogen (secondary N) is 2. The van der Waals surface area contributed by atoms with Crippen molar-refractivity contribution in [3.8, 4) is 0 Å². The number of carbonyl (C=O) groups excluding carboxylic acids is 1. The van der Waals surface area contributed by atoms with E-state index in [1.165, 1.54) is 12.2 Å². The molecule has 13 heavy (non-hydrogen) atoms. The van der Waals surface area contributed by atoms with Gasteiger partial charge in [-0.15, -0.1) is 0 Å². The molecule has 76 valence electrons. The Morgan fingerprint density at radius 3 is 2.85 bits per heavy atom. The van der Waals surface area contributed by atoms with Crippen LogP contribution in [0.25, 0.3) is 0 Å². The zero-order valence-electron chi connectivity index (χ0n) is 8.14. The summed E-state index contributed by atoms with van der Waals surface area (Å²) in [5, 5.41) is 5.74. The fourth-order valence-corrected chi connectivity index (χ4v) is 1.53. The van der Waals surface area contributed by atoms with E-state index in [0.717, 1.165) is 25.8 Å². The SMILES string of the molecule is CSCCCCNC(=O)NC1CC1. The Bertz CT molecular complexity index is 160. The molecule has 0 bridgehead atoms. The topological polar surface area (TPSA) is 41.1 Å². The van der Waals surface area contributed by atoms with Gasteiger partial charge in [0, 0.05) is 12.6 Å². The number of rotatable bonds is 6. The van der Waals surface area contributed by atoms with Gasteiger partial charge in [-0.05, 0) is 37.7 Å². The van der Waals surface area contributed by atoms with Crippen molar-refractivity contribution < 1.29 is 4.79 Å². The van der Waals surface area contributed by atoms with E-state index in [2.05, 4.69) is 16.9 Å². The summed E-state index contributed by atoms with van der Waals surface area (Å²) in [7, 11) is 0. The van der Waals surface area contributed by atoms with Gasteiger partial charge in [-0.3, -0.25) is 0 Å². The third kappa shape index (κ3) is 5.80. The van der Waals surface area contributed by atoms with Crippen LogP contribution < -0.4 is 10.6 Å². The number of urea groups is 1. The van der Waals surface area contributed by atoms with Crippen molar-refractivity contribution in [3.63, 3.8) is 0 Å². The minimum Gasteiger partial charge on any atom is -0.338 e. The van der Waals surface area contributed by atoms with Crippen LogP contribution in [0.5, 0.6) is 0 Å². The van der Waals surface area contributed by atoms with Gasteiger partial charge >= 0.3 is 6.03 Å². The molecule has 1 saturated carbocycles. The molecule has 2 N–H and O–H groups in total. The third-order valence-corrected chi connectivity index (χ3v) is 2.67. The average Bonchev–Trinajstić information content (AvgIpc) is 2.88. The lowest BCUT2D eigenvalue weighted by atomic mass is 10.3. The molecule has 0 saturated heterocycles. The minimum absolute atomic E-state index is 0.00616. The van der Waals surface area contributed by atoms with E-state index in [1.54, 1.807) is 0 Å². The summed E-state index contributed by atoms with van der Waals surface area (Å²) < 4.78 is 0. The fourth-order valence-electron chi connectivity index (χ4n) is 1.04. The summed E-state index contributed by atoms with van der Waals surface area (Å²) >= 11 is 1.85. The first-order valence-corrected chi connectivity index (χ1v) is 6.25. The van der Waals surface area contributed by atoms with Crippen LogP contribution in [0.1, 0.15) is 25.7 Å². The van der Waals surface area contributed by atoms with Gasteiger partial charge in [-0.2, -0.15) is 11.8 Å². The number of unbranched alkanes of at least 4 members (excludes halogenated alkanes) is 1. The molecule has 0 radical (unpaired) electrons. The molecule has 4 heteroatoms. The van der Waals surface area contributed by atoms with Crippen LogP contribution in [0, 0.1) is 0 Å². The normalized spacial score (nSPS) is 15.5. The maximum absolute atomic E-state index is 11.1. The molecule has 0 aromatic rings. The number of amides is 2. The Hall–Kier alpha value is -0.380. The first-order valence-electron chi connectivity index (χ1n) is 4.86. The molecule has 0 aliphatic heterocycles. The number of hydrogen-bond donors (Lipinski definition) is 2. The second kappa shape index (κ2) is 6.13. The Labute approximate surface area is 84.0 Å². The van der Waals surface area contributed by atoms with Gasteiger partial charge in [-0.25, -0.2) is 4.79 Å². The van der Waals surface area contributed by atoms with E-state index in [-0.39, 0.29) is 6.03 Å². The Balaban J connectivity index is 1.83. The van der Waals surface area contributed by atoms with E-state index in [9.17, 15) is 4.79 Å². The Kier molecular flexibility index (Phi) is 5.05. The highest BCUT2D eigenvalue weighted by molar-refractivity contribution is 7.98. The molecule has 0 atom stereocenters. The number of thioether (sulfide) groups is 1. The quantitative estimate of drug-likeness (QED) is 0.642. The van der Waals surface area contributed by atoms with E-state index < -0.39 is 0 Å². The molecule has 1 aliphatic carbocycles. The van der Waals surface area contributed by atoms with Gasteiger partial charge < -0.3 is 10.6 Å². The van der Waals surface area contributed by atoms with E-state index in [0.29, 0.717) is 6.04 Å². The summed E-state index contributed by atoms with van der Waals surface area (Å²) in [6.45, 7) is 0.805. The average molecular weight is 202 g/mol. The molecule has 1 fully saturated rings. The van der Waals surface area contributed by atoms with Gasteiger partial charge in [0.1, 0.15) is 0 Å². The summed E-state index contributed by atoms with van der Waals surface area (Å²) in [6, 6.07) is 0.470. The summed E-state index contributed by atoms with van der Waals surface area (Å²) in [5.74, 6) is 1.19. The molecule has 1 rings (SSSR count). The molecule has 3 nitrogen and oxygen atoms in total. The molecule has 0 spiro atoms. The second-order valence-electron chi connectivity index (χ2n) is 3.37. The molecule has 0 unspecified atom stereocenters. The summed E-state index contributed by atoms with van der Waals surface area (Å²) in [5.41, 5.74) is 0. The number of hydrogen-bond acceptors (Lipinski definition) is 2. The standard InChI is InChI=1S/C9H18N2OS/c1-13-7-3-2-6-10-9(12)11-8-4-5-8/h8H,2-7H2,1H3,(H2,10,11,12). The van der Waals surface area contributed by atoms with E-state index in [1.807, 2.05) is 11.8 Å². The van der Waals surface area contributed by atoms with Crippen LogP contribution >= 0.6 is 11.8 Å². The molecular weight excluding hydrogens is 184 g/mol. The minimum atomic E-state index is 0.00616. The van der Waals surface area contributed by atoms with Crippen LogP contribution in [0.15, 0.2) is 0 Å². The van der Waals surface area contributed by atoms with Crippen molar-refractivity contribution in [3.05, 3.63) is 0 Å². The zero-order chi connectivity index (χ0) is 9.52. The van der Waals surface area contributed by atoms with Crippen molar-refractivity contribution in [2.75, 3.05) is 18.6 Å². The third-order valence-electron chi connectivity index (χ3n) is 1.97. The Morgan fingerprint density at radius 1 is 1.46 bits per heavy atom. The van der Waals surface area contributed by atoms with E-state index in [4.69, 9.17) is 0 Å². The van der Waals surface area contributed by atoms with Crippen LogP contribution in [0.3, 0.4) is 0 Å². The molecule has 2 amide bonds. The first kappa shape index (κ1) is 10.7. The zero-order valence-corrected chi connectivity index (χ0v) is 8.95. The first-order chi connectivity index (χ1) is 6.33. The molecular formula is C9H18N2OS. The monoisotopic (exact) mass is 202 g/mol. The molecule has 1 aliphatic rings. The van der Waals surface area contributed by atoms with Gasteiger partial charge in [0.15, 0.2) is 0 Å². The van der Waals surface area contributed by atoms with Crippen molar-refractivity contribution in [2.24, 2.45) is 0 Å². The molecule has 0 aromatic carbocycles. The largest absolute Gasteiger partial charge is 0.338 e. The van der Waals surface area contributed by atoms with Crippen LogP contribution in [-0.2, 0) is 0 Å². The Morgan fingerprint density at radius 2 is 2.23 bits per heavy atom. The van der Waals surface area contributed by atoms with Gasteiger partial charge in [-0.1, -0.05) is 0 Å². The van der Waals surface area contributed by atoms with Gasteiger partial charge in [0.2, 0.25) is 0 Å². The maximum atomic E-state index is 11.1.